The summed E-state index contributed by atoms with van der Waals surface area (Å²) in [5.74, 6) is 0.120. The number of imidazole rings is 1. The number of aromatic nitrogens is 2. The predicted octanol–water partition coefficient (Wildman–Crippen LogP) is 3.79. The molecular weight excluding hydrogens is 414 g/mol. The van der Waals surface area contributed by atoms with Crippen LogP contribution in [0.25, 0.3) is 4.96 Å². The molecule has 5 rings (SSSR count). The molecule has 8 heteroatoms. The quantitative estimate of drug-likeness (QED) is 0.602. The van der Waals surface area contributed by atoms with Crippen molar-refractivity contribution in [3.63, 3.8) is 0 Å². The third kappa shape index (κ3) is 4.32. The van der Waals surface area contributed by atoms with Gasteiger partial charge in [0, 0.05) is 55.7 Å². The number of nitrogens with zero attached hydrogens (tertiary/aromatic N) is 5. The van der Waals surface area contributed by atoms with Gasteiger partial charge in [-0.2, -0.15) is 0 Å². The van der Waals surface area contributed by atoms with Crippen LogP contribution in [0.1, 0.15) is 46.7 Å². The fourth-order valence-corrected chi connectivity index (χ4v) is 6.06. The number of carbonyl (C=O) groups is 1. The van der Waals surface area contributed by atoms with E-state index in [4.69, 9.17) is 4.98 Å². The predicted molar refractivity (Wildman–Crippen MR) is 122 cm³/mol. The largest absolute Gasteiger partial charge is 0.337 e. The Kier molecular flexibility index (Phi) is 6.17. The molecule has 3 aromatic rings. The number of thiophene rings is 1. The first-order valence-electron chi connectivity index (χ1n) is 11.0. The topological polar surface area (TPSA) is 44.1 Å². The van der Waals surface area contributed by atoms with Crippen molar-refractivity contribution in [2.45, 2.75) is 38.8 Å². The maximum Gasteiger partial charge on any atom is 0.274 e. The van der Waals surface area contributed by atoms with Crippen LogP contribution >= 0.6 is 22.7 Å². The van der Waals surface area contributed by atoms with E-state index >= 15 is 0 Å². The van der Waals surface area contributed by atoms with Crippen LogP contribution in [-0.4, -0.2) is 69.3 Å². The Morgan fingerprint density at radius 3 is 2.47 bits per heavy atom. The zero-order valence-corrected chi connectivity index (χ0v) is 19.0. The molecule has 2 saturated heterocycles. The first-order valence-corrected chi connectivity index (χ1v) is 12.7. The first kappa shape index (κ1) is 20.2. The molecule has 6 nitrogen and oxygen atoms in total. The van der Waals surface area contributed by atoms with Gasteiger partial charge in [0.2, 0.25) is 0 Å². The molecule has 1 amide bonds. The van der Waals surface area contributed by atoms with E-state index in [1.165, 1.54) is 11.3 Å². The molecule has 0 radical (unpaired) electrons. The Morgan fingerprint density at radius 1 is 0.900 bits per heavy atom. The average Bonchev–Trinajstić information content (AvgIpc) is 3.47. The number of fused-ring (bicyclic) bond motifs is 1. The van der Waals surface area contributed by atoms with Crippen molar-refractivity contribution in [3.05, 3.63) is 45.4 Å². The van der Waals surface area contributed by atoms with Crippen LogP contribution in [0.2, 0.25) is 0 Å². The zero-order valence-electron chi connectivity index (χ0n) is 17.3. The van der Waals surface area contributed by atoms with Crippen molar-refractivity contribution >= 4 is 33.5 Å². The van der Waals surface area contributed by atoms with Gasteiger partial charge in [0.25, 0.3) is 5.91 Å². The number of amides is 1. The van der Waals surface area contributed by atoms with Crippen molar-refractivity contribution in [3.8, 4) is 0 Å². The van der Waals surface area contributed by atoms with Crippen molar-refractivity contribution in [1.29, 1.82) is 0 Å². The van der Waals surface area contributed by atoms with Crippen molar-refractivity contribution in [2.75, 3.05) is 39.3 Å². The van der Waals surface area contributed by atoms with E-state index in [9.17, 15) is 4.79 Å². The van der Waals surface area contributed by atoms with E-state index in [0.29, 0.717) is 5.69 Å². The highest BCUT2D eigenvalue weighted by atomic mass is 32.1. The van der Waals surface area contributed by atoms with Crippen LogP contribution in [0.4, 0.5) is 0 Å². The van der Waals surface area contributed by atoms with E-state index in [-0.39, 0.29) is 5.91 Å². The second-order valence-corrected chi connectivity index (χ2v) is 10.2. The van der Waals surface area contributed by atoms with Crippen LogP contribution in [0.15, 0.2) is 29.1 Å². The highest BCUT2D eigenvalue weighted by Gasteiger charge is 2.27. The Hall–Kier alpha value is -1.74. The normalized spacial score (nSPS) is 19.4. The summed E-state index contributed by atoms with van der Waals surface area (Å²) in [6, 6.07) is 4.36. The summed E-state index contributed by atoms with van der Waals surface area (Å²) in [7, 11) is 0. The van der Waals surface area contributed by atoms with Gasteiger partial charge in [-0.15, -0.1) is 22.7 Å². The Balaban J connectivity index is 1.31. The number of hydrogen-bond donors (Lipinski definition) is 0. The molecule has 3 aromatic heterocycles. The van der Waals surface area contributed by atoms with Gasteiger partial charge in [-0.05, 0) is 50.2 Å². The monoisotopic (exact) mass is 443 g/mol. The zero-order chi connectivity index (χ0) is 20.3. The summed E-state index contributed by atoms with van der Waals surface area (Å²) < 4.78 is 2.14. The highest BCUT2D eigenvalue weighted by Crippen LogP contribution is 2.23. The second-order valence-electron chi connectivity index (χ2n) is 8.30. The summed E-state index contributed by atoms with van der Waals surface area (Å²) in [6.45, 7) is 7.86. The van der Waals surface area contributed by atoms with Gasteiger partial charge in [-0.3, -0.25) is 19.0 Å². The second kappa shape index (κ2) is 9.18. The Labute approximate surface area is 185 Å². The summed E-state index contributed by atoms with van der Waals surface area (Å²) in [6.07, 6.45) is 6.66. The van der Waals surface area contributed by atoms with Crippen LogP contribution in [0.3, 0.4) is 0 Å². The molecule has 2 aliphatic heterocycles. The molecular formula is C22H29N5OS2. The molecule has 0 spiro atoms. The SMILES string of the molecule is O=C(c1nc2sccn2c1CN1CCCN(Cc2cccs2)CC1)N1CCCCC1. The fraction of sp³-hybridized carbons (Fsp3) is 0.545. The molecule has 0 unspecified atom stereocenters. The van der Waals surface area contributed by atoms with Gasteiger partial charge in [-0.25, -0.2) is 4.98 Å². The molecule has 0 atom stereocenters. The number of rotatable bonds is 5. The first-order chi connectivity index (χ1) is 14.8. The van der Waals surface area contributed by atoms with Crippen molar-refractivity contribution in [2.24, 2.45) is 0 Å². The lowest BCUT2D eigenvalue weighted by Crippen LogP contribution is -2.37. The highest BCUT2D eigenvalue weighted by molar-refractivity contribution is 7.15. The van der Waals surface area contributed by atoms with Gasteiger partial charge in [0.15, 0.2) is 10.7 Å². The van der Waals surface area contributed by atoms with E-state index in [0.717, 1.165) is 82.3 Å². The summed E-state index contributed by atoms with van der Waals surface area (Å²) >= 11 is 3.45. The standard InChI is InChI=1S/C22H29N5OS2/c28-21(26-9-2-1-3-10-26)20-19(27-13-15-30-22(27)23-20)17-25-8-5-7-24(11-12-25)16-18-6-4-14-29-18/h4,6,13-15H,1-3,5,7-12,16-17H2. The third-order valence-corrected chi connectivity index (χ3v) is 7.84. The molecule has 0 aliphatic carbocycles. The molecule has 0 saturated carbocycles. The maximum absolute atomic E-state index is 13.3. The van der Waals surface area contributed by atoms with Gasteiger partial charge in [0.05, 0.1) is 5.69 Å². The Bertz CT molecular complexity index is 973. The maximum atomic E-state index is 13.3. The van der Waals surface area contributed by atoms with E-state index in [1.807, 2.05) is 16.2 Å². The minimum atomic E-state index is 0.120. The minimum Gasteiger partial charge on any atom is -0.337 e. The molecule has 30 heavy (non-hydrogen) atoms. The third-order valence-electron chi connectivity index (χ3n) is 6.22. The lowest BCUT2D eigenvalue weighted by molar-refractivity contribution is 0.0716. The van der Waals surface area contributed by atoms with Crippen molar-refractivity contribution in [1.82, 2.24) is 24.1 Å². The van der Waals surface area contributed by atoms with Crippen LogP contribution in [0, 0.1) is 0 Å². The number of hydrogen-bond acceptors (Lipinski definition) is 6. The van der Waals surface area contributed by atoms with Gasteiger partial charge in [0.1, 0.15) is 0 Å². The summed E-state index contributed by atoms with van der Waals surface area (Å²) in [4.78, 5) is 27.4. The van der Waals surface area contributed by atoms with E-state index in [2.05, 4.69) is 43.3 Å². The number of thiazole rings is 1. The molecule has 2 aliphatic rings. The number of piperidine rings is 1. The van der Waals surface area contributed by atoms with Crippen LogP contribution in [-0.2, 0) is 13.1 Å². The molecule has 160 valence electrons. The van der Waals surface area contributed by atoms with Crippen LogP contribution < -0.4 is 0 Å². The van der Waals surface area contributed by atoms with Gasteiger partial charge >= 0.3 is 0 Å². The number of carbonyl (C=O) groups excluding carboxylic acids is 1. The molecule has 2 fully saturated rings. The summed E-state index contributed by atoms with van der Waals surface area (Å²) in [5.41, 5.74) is 1.73. The lowest BCUT2D eigenvalue weighted by atomic mass is 10.1. The Morgan fingerprint density at radius 2 is 1.70 bits per heavy atom. The average molecular weight is 444 g/mol. The lowest BCUT2D eigenvalue weighted by Gasteiger charge is -2.27. The number of likely N-dealkylation sites (tertiary alicyclic amines) is 1. The minimum absolute atomic E-state index is 0.120. The molecule has 0 aromatic carbocycles. The fourth-order valence-electron chi connectivity index (χ4n) is 4.58. The smallest absolute Gasteiger partial charge is 0.274 e. The molecule has 0 N–H and O–H groups in total. The molecule has 5 heterocycles. The van der Waals surface area contributed by atoms with E-state index in [1.54, 1.807) is 11.3 Å². The van der Waals surface area contributed by atoms with E-state index < -0.39 is 0 Å². The van der Waals surface area contributed by atoms with Crippen molar-refractivity contribution < 1.29 is 4.79 Å². The molecule has 0 bridgehead atoms. The summed E-state index contributed by atoms with van der Waals surface area (Å²) in [5, 5.41) is 4.22. The van der Waals surface area contributed by atoms with Crippen LogP contribution in [0.5, 0.6) is 0 Å². The van der Waals surface area contributed by atoms with Gasteiger partial charge < -0.3 is 4.90 Å². The van der Waals surface area contributed by atoms with Gasteiger partial charge in [-0.1, -0.05) is 6.07 Å².